The number of amides is 1. The Balaban J connectivity index is 1.94. The molecule has 0 bridgehead atoms. The molecule has 0 saturated heterocycles. The molecule has 122 valence electrons. The van der Waals surface area contributed by atoms with Crippen molar-refractivity contribution >= 4 is 29.3 Å². The number of halogens is 1. The zero-order chi connectivity index (χ0) is 16.9. The quantitative estimate of drug-likeness (QED) is 0.694. The van der Waals surface area contributed by atoms with E-state index in [4.69, 9.17) is 11.6 Å². The van der Waals surface area contributed by atoms with Crippen molar-refractivity contribution < 1.29 is 4.79 Å². The second-order valence-corrected chi connectivity index (χ2v) is 7.62. The average Bonchev–Trinajstić information content (AvgIpc) is 2.54. The normalized spacial score (nSPS) is 11.3. The highest BCUT2D eigenvalue weighted by Crippen LogP contribution is 2.24. The summed E-state index contributed by atoms with van der Waals surface area (Å²) in [6.07, 6.45) is 0.897. The van der Waals surface area contributed by atoms with E-state index in [-0.39, 0.29) is 11.4 Å². The highest BCUT2D eigenvalue weighted by atomic mass is 35.5. The van der Waals surface area contributed by atoms with Crippen molar-refractivity contribution in [1.82, 2.24) is 5.32 Å². The molecule has 0 aliphatic rings. The number of thioether (sulfide) groups is 1. The lowest BCUT2D eigenvalue weighted by molar-refractivity contribution is 0.0911. The first-order valence-corrected chi connectivity index (χ1v) is 9.06. The summed E-state index contributed by atoms with van der Waals surface area (Å²) in [6.45, 7) is 6.13. The van der Waals surface area contributed by atoms with Crippen LogP contribution in [0.25, 0.3) is 0 Å². The van der Waals surface area contributed by atoms with Gasteiger partial charge in [0.2, 0.25) is 0 Å². The molecule has 2 nitrogen and oxygen atoms in total. The predicted octanol–water partition coefficient (Wildman–Crippen LogP) is 5.55. The Morgan fingerprint density at radius 1 is 1.09 bits per heavy atom. The fraction of sp³-hybridized carbons (Fsp3) is 0.316. The Hall–Kier alpha value is -1.45. The van der Waals surface area contributed by atoms with Crippen molar-refractivity contribution in [3.05, 3.63) is 64.7 Å². The maximum atomic E-state index is 12.2. The van der Waals surface area contributed by atoms with E-state index in [0.29, 0.717) is 5.56 Å². The second-order valence-electron chi connectivity index (χ2n) is 6.13. The summed E-state index contributed by atoms with van der Waals surface area (Å²) >= 11 is 7.64. The van der Waals surface area contributed by atoms with Gasteiger partial charge in [0.1, 0.15) is 0 Å². The molecule has 0 unspecified atom stereocenters. The molecular formula is C19H22ClNOS. The predicted molar refractivity (Wildman–Crippen MR) is 99.3 cm³/mol. The minimum atomic E-state index is -0.180. The van der Waals surface area contributed by atoms with E-state index in [1.165, 1.54) is 10.5 Å². The van der Waals surface area contributed by atoms with Crippen molar-refractivity contribution in [3.8, 4) is 0 Å². The summed E-state index contributed by atoms with van der Waals surface area (Å²) in [6, 6.07) is 15.6. The van der Waals surface area contributed by atoms with Gasteiger partial charge in [-0.2, -0.15) is 0 Å². The van der Waals surface area contributed by atoms with Crippen molar-refractivity contribution in [2.45, 2.75) is 43.4 Å². The number of nitrogens with one attached hydrogen (secondary N) is 1. The van der Waals surface area contributed by atoms with Crippen molar-refractivity contribution in [2.75, 3.05) is 0 Å². The van der Waals surface area contributed by atoms with Gasteiger partial charge in [-0.1, -0.05) is 30.7 Å². The van der Waals surface area contributed by atoms with E-state index < -0.39 is 0 Å². The molecular weight excluding hydrogens is 326 g/mol. The van der Waals surface area contributed by atoms with Crippen LogP contribution in [0.15, 0.2) is 53.4 Å². The molecule has 1 amide bonds. The Labute approximate surface area is 147 Å². The molecule has 1 N–H and O–H groups in total. The van der Waals surface area contributed by atoms with Crippen LogP contribution in [0.5, 0.6) is 0 Å². The molecule has 0 atom stereocenters. The van der Waals surface area contributed by atoms with Gasteiger partial charge in [0.05, 0.1) is 0 Å². The molecule has 0 radical (unpaired) electrons. The maximum Gasteiger partial charge on any atom is 0.251 e. The van der Waals surface area contributed by atoms with Crippen LogP contribution in [0.1, 0.15) is 43.1 Å². The van der Waals surface area contributed by atoms with E-state index in [0.717, 1.165) is 17.2 Å². The van der Waals surface area contributed by atoms with Crippen LogP contribution in [0, 0.1) is 0 Å². The van der Waals surface area contributed by atoms with Crippen LogP contribution in [0.3, 0.4) is 0 Å². The second kappa shape index (κ2) is 7.89. The number of carbonyl (C=O) groups excluding carboxylic acids is 1. The number of rotatable bonds is 6. The maximum absolute atomic E-state index is 12.2. The first kappa shape index (κ1) is 17.9. The third-order valence-electron chi connectivity index (χ3n) is 3.77. The molecule has 0 fully saturated rings. The third kappa shape index (κ3) is 5.60. The molecule has 2 aromatic carbocycles. The largest absolute Gasteiger partial charge is 0.347 e. The van der Waals surface area contributed by atoms with Crippen LogP contribution in [0.2, 0.25) is 5.02 Å². The zero-order valence-corrected chi connectivity index (χ0v) is 15.3. The van der Waals surface area contributed by atoms with Gasteiger partial charge >= 0.3 is 0 Å². The van der Waals surface area contributed by atoms with Gasteiger partial charge in [-0.15, -0.1) is 11.8 Å². The van der Waals surface area contributed by atoms with Gasteiger partial charge in [0, 0.05) is 26.8 Å². The fourth-order valence-corrected chi connectivity index (χ4v) is 2.90. The lowest BCUT2D eigenvalue weighted by Crippen LogP contribution is -2.42. The fourth-order valence-electron chi connectivity index (χ4n) is 1.92. The van der Waals surface area contributed by atoms with Crippen LogP contribution < -0.4 is 5.32 Å². The summed E-state index contributed by atoms with van der Waals surface area (Å²) < 4.78 is 0. The van der Waals surface area contributed by atoms with Crippen molar-refractivity contribution in [2.24, 2.45) is 0 Å². The summed E-state index contributed by atoms with van der Waals surface area (Å²) in [5, 5.41) is 3.80. The summed E-state index contributed by atoms with van der Waals surface area (Å²) in [4.78, 5) is 13.4. The van der Waals surface area contributed by atoms with Crippen molar-refractivity contribution in [3.63, 3.8) is 0 Å². The summed E-state index contributed by atoms with van der Waals surface area (Å²) in [7, 11) is 0. The van der Waals surface area contributed by atoms with Crippen LogP contribution in [-0.2, 0) is 5.75 Å². The van der Waals surface area contributed by atoms with Crippen molar-refractivity contribution in [1.29, 1.82) is 0 Å². The minimum Gasteiger partial charge on any atom is -0.347 e. The van der Waals surface area contributed by atoms with E-state index >= 15 is 0 Å². The van der Waals surface area contributed by atoms with Gasteiger partial charge in [-0.3, -0.25) is 4.79 Å². The smallest absolute Gasteiger partial charge is 0.251 e. The number of hydrogen-bond acceptors (Lipinski definition) is 2. The van der Waals surface area contributed by atoms with E-state index in [2.05, 4.69) is 12.2 Å². The molecule has 4 heteroatoms. The molecule has 0 heterocycles. The molecule has 0 aromatic heterocycles. The lowest BCUT2D eigenvalue weighted by Gasteiger charge is -2.24. The zero-order valence-electron chi connectivity index (χ0n) is 13.7. The van der Waals surface area contributed by atoms with Gasteiger partial charge < -0.3 is 5.32 Å². The first-order valence-electron chi connectivity index (χ1n) is 7.69. The minimum absolute atomic E-state index is 0.0197. The highest BCUT2D eigenvalue weighted by molar-refractivity contribution is 7.98. The standard InChI is InChI=1S/C19H22ClNOS/c1-4-19(2,3)21-18(22)15-7-5-14(6-8-15)13-23-17-11-9-16(20)10-12-17/h5-12H,4,13H2,1-3H3,(H,21,22). The molecule has 2 rings (SSSR count). The highest BCUT2D eigenvalue weighted by Gasteiger charge is 2.18. The number of benzene rings is 2. The van der Waals surface area contributed by atoms with Gasteiger partial charge in [-0.25, -0.2) is 0 Å². The van der Waals surface area contributed by atoms with Gasteiger partial charge in [-0.05, 0) is 62.2 Å². The van der Waals surface area contributed by atoms with E-state index in [1.807, 2.05) is 62.4 Å². The van der Waals surface area contributed by atoms with Crippen LogP contribution in [0.4, 0.5) is 0 Å². The van der Waals surface area contributed by atoms with Gasteiger partial charge in [0.15, 0.2) is 0 Å². The molecule has 23 heavy (non-hydrogen) atoms. The summed E-state index contributed by atoms with van der Waals surface area (Å²) in [5.74, 6) is 0.845. The Kier molecular flexibility index (Phi) is 6.14. The van der Waals surface area contributed by atoms with E-state index in [9.17, 15) is 4.79 Å². The Bertz CT molecular complexity index is 650. The molecule has 0 aliphatic carbocycles. The third-order valence-corrected chi connectivity index (χ3v) is 5.11. The van der Waals surface area contributed by atoms with E-state index in [1.54, 1.807) is 11.8 Å². The summed E-state index contributed by atoms with van der Waals surface area (Å²) in [5.41, 5.74) is 1.71. The van der Waals surface area contributed by atoms with Crippen LogP contribution in [-0.4, -0.2) is 11.4 Å². The average molecular weight is 348 g/mol. The molecule has 0 aliphatic heterocycles. The topological polar surface area (TPSA) is 29.1 Å². The number of carbonyl (C=O) groups is 1. The van der Waals surface area contributed by atoms with Crippen LogP contribution >= 0.6 is 23.4 Å². The molecule has 0 saturated carbocycles. The SMILES string of the molecule is CCC(C)(C)NC(=O)c1ccc(CSc2ccc(Cl)cc2)cc1. The number of hydrogen-bond donors (Lipinski definition) is 1. The lowest BCUT2D eigenvalue weighted by atomic mass is 10.0. The Morgan fingerprint density at radius 3 is 2.26 bits per heavy atom. The Morgan fingerprint density at radius 2 is 1.70 bits per heavy atom. The monoisotopic (exact) mass is 347 g/mol. The molecule has 0 spiro atoms. The first-order chi connectivity index (χ1) is 10.9. The van der Waals surface area contributed by atoms with Gasteiger partial charge in [0.25, 0.3) is 5.91 Å². The molecule has 2 aromatic rings.